The number of fused-ring (bicyclic) bond motifs is 1. The van der Waals surface area contributed by atoms with Crippen LogP contribution < -0.4 is 0 Å². The molecule has 1 aromatic carbocycles. The predicted octanol–water partition coefficient (Wildman–Crippen LogP) is 3.06. The van der Waals surface area contributed by atoms with Crippen LogP contribution in [0.25, 0.3) is 11.0 Å². The standard InChI is InChI=1S/C16H18O4/c17-15(11-19-9-12-5-7-18-8-6-12)14-10-20-16-4-2-1-3-13(14)16/h1-4,10,12H,5-9,11H2. The molecule has 1 aliphatic heterocycles. The summed E-state index contributed by atoms with van der Waals surface area (Å²) < 4.78 is 16.2. The van der Waals surface area contributed by atoms with Gasteiger partial charge in [-0.3, -0.25) is 4.79 Å². The average Bonchev–Trinajstić information content (AvgIpc) is 2.92. The summed E-state index contributed by atoms with van der Waals surface area (Å²) in [6.45, 7) is 2.34. The van der Waals surface area contributed by atoms with Crippen molar-refractivity contribution >= 4 is 16.8 Å². The van der Waals surface area contributed by atoms with Crippen LogP contribution in [-0.2, 0) is 9.47 Å². The number of para-hydroxylation sites is 1. The summed E-state index contributed by atoms with van der Waals surface area (Å²) in [5.41, 5.74) is 1.34. The van der Waals surface area contributed by atoms with Crippen molar-refractivity contribution in [1.82, 2.24) is 0 Å². The maximum Gasteiger partial charge on any atom is 0.192 e. The molecule has 1 aliphatic rings. The smallest absolute Gasteiger partial charge is 0.192 e. The van der Waals surface area contributed by atoms with Crippen LogP contribution in [0.4, 0.5) is 0 Å². The van der Waals surface area contributed by atoms with Crippen molar-refractivity contribution in [3.8, 4) is 0 Å². The molecule has 0 saturated carbocycles. The van der Waals surface area contributed by atoms with Gasteiger partial charge in [0.25, 0.3) is 0 Å². The number of hydrogen-bond acceptors (Lipinski definition) is 4. The fraction of sp³-hybridized carbons (Fsp3) is 0.438. The Bertz CT molecular complexity index is 581. The van der Waals surface area contributed by atoms with Gasteiger partial charge in [-0.1, -0.05) is 18.2 Å². The molecule has 4 nitrogen and oxygen atoms in total. The van der Waals surface area contributed by atoms with Crippen molar-refractivity contribution in [3.63, 3.8) is 0 Å². The van der Waals surface area contributed by atoms with Gasteiger partial charge in [-0.15, -0.1) is 0 Å². The lowest BCUT2D eigenvalue weighted by Crippen LogP contribution is -2.21. The van der Waals surface area contributed by atoms with Crippen LogP contribution in [0.3, 0.4) is 0 Å². The zero-order valence-corrected chi connectivity index (χ0v) is 11.3. The maximum atomic E-state index is 12.2. The molecule has 0 bridgehead atoms. The molecule has 1 fully saturated rings. The van der Waals surface area contributed by atoms with Crippen molar-refractivity contribution in [2.45, 2.75) is 12.8 Å². The Morgan fingerprint density at radius 3 is 2.90 bits per heavy atom. The monoisotopic (exact) mass is 274 g/mol. The molecular formula is C16H18O4. The minimum absolute atomic E-state index is 0.0259. The number of benzene rings is 1. The summed E-state index contributed by atoms with van der Waals surface area (Å²) in [5.74, 6) is 0.486. The average molecular weight is 274 g/mol. The number of carbonyl (C=O) groups is 1. The van der Waals surface area contributed by atoms with E-state index < -0.39 is 0 Å². The van der Waals surface area contributed by atoms with Gasteiger partial charge < -0.3 is 13.9 Å². The number of hydrogen-bond donors (Lipinski definition) is 0. The van der Waals surface area contributed by atoms with E-state index >= 15 is 0 Å². The summed E-state index contributed by atoms with van der Waals surface area (Å²) in [6, 6.07) is 7.54. The van der Waals surface area contributed by atoms with Gasteiger partial charge in [0.1, 0.15) is 18.5 Å². The summed E-state index contributed by atoms with van der Waals surface area (Å²) in [7, 11) is 0. The number of Topliss-reactive ketones (excluding diaryl/α,β-unsaturated/α-hetero) is 1. The molecule has 0 unspecified atom stereocenters. The predicted molar refractivity (Wildman–Crippen MR) is 74.9 cm³/mol. The van der Waals surface area contributed by atoms with Gasteiger partial charge in [-0.25, -0.2) is 0 Å². The first-order chi connectivity index (χ1) is 9.84. The van der Waals surface area contributed by atoms with Gasteiger partial charge >= 0.3 is 0 Å². The lowest BCUT2D eigenvalue weighted by Gasteiger charge is -2.21. The Morgan fingerprint density at radius 1 is 1.25 bits per heavy atom. The Balaban J connectivity index is 1.56. The van der Waals surface area contributed by atoms with Gasteiger partial charge in [0.2, 0.25) is 0 Å². The van der Waals surface area contributed by atoms with Crippen molar-refractivity contribution < 1.29 is 18.7 Å². The highest BCUT2D eigenvalue weighted by molar-refractivity contribution is 6.07. The fourth-order valence-electron chi connectivity index (χ4n) is 2.50. The molecular weight excluding hydrogens is 256 g/mol. The Kier molecular flexibility index (Phi) is 4.14. The summed E-state index contributed by atoms with van der Waals surface area (Å²) in [6.07, 6.45) is 3.55. The molecule has 0 spiro atoms. The van der Waals surface area contributed by atoms with Crippen LogP contribution in [-0.4, -0.2) is 32.2 Å². The lowest BCUT2D eigenvalue weighted by molar-refractivity contribution is 0.0217. The Labute approximate surface area is 117 Å². The SMILES string of the molecule is O=C(COCC1CCOCC1)c1coc2ccccc12. The van der Waals surface area contributed by atoms with Crippen LogP contribution in [0.15, 0.2) is 34.9 Å². The molecule has 2 aromatic rings. The number of carbonyl (C=O) groups excluding carboxylic acids is 1. The second kappa shape index (κ2) is 6.20. The summed E-state index contributed by atoms with van der Waals surface area (Å²) >= 11 is 0. The lowest BCUT2D eigenvalue weighted by atomic mass is 10.0. The van der Waals surface area contributed by atoms with E-state index in [1.54, 1.807) is 0 Å². The second-order valence-electron chi connectivity index (χ2n) is 5.14. The highest BCUT2D eigenvalue weighted by atomic mass is 16.5. The van der Waals surface area contributed by atoms with E-state index in [9.17, 15) is 4.79 Å². The van der Waals surface area contributed by atoms with E-state index in [1.807, 2.05) is 24.3 Å². The van der Waals surface area contributed by atoms with Gasteiger partial charge in [-0.2, -0.15) is 0 Å². The third kappa shape index (κ3) is 2.92. The first-order valence-electron chi connectivity index (χ1n) is 6.99. The molecule has 0 aliphatic carbocycles. The number of ether oxygens (including phenoxy) is 2. The van der Waals surface area contributed by atoms with Gasteiger partial charge in [-0.05, 0) is 24.8 Å². The van der Waals surface area contributed by atoms with Gasteiger partial charge in [0.15, 0.2) is 5.78 Å². The molecule has 4 heteroatoms. The molecule has 0 radical (unpaired) electrons. The van der Waals surface area contributed by atoms with Crippen LogP contribution in [0.2, 0.25) is 0 Å². The van der Waals surface area contributed by atoms with E-state index in [1.165, 1.54) is 6.26 Å². The third-order valence-electron chi connectivity index (χ3n) is 3.71. The zero-order chi connectivity index (χ0) is 13.8. The molecule has 0 atom stereocenters. The molecule has 106 valence electrons. The first kappa shape index (κ1) is 13.3. The molecule has 1 saturated heterocycles. The molecule has 2 heterocycles. The highest BCUT2D eigenvalue weighted by Crippen LogP contribution is 2.21. The number of ketones is 1. The van der Waals surface area contributed by atoms with Crippen LogP contribution in [0.1, 0.15) is 23.2 Å². The summed E-state index contributed by atoms with van der Waals surface area (Å²) in [5, 5.41) is 0.854. The normalized spacial score (nSPS) is 16.6. The first-order valence-corrected chi connectivity index (χ1v) is 6.99. The van der Waals surface area contributed by atoms with E-state index in [-0.39, 0.29) is 12.4 Å². The van der Waals surface area contributed by atoms with Crippen molar-refractivity contribution in [2.75, 3.05) is 26.4 Å². The second-order valence-corrected chi connectivity index (χ2v) is 5.14. The van der Waals surface area contributed by atoms with Gasteiger partial charge in [0.05, 0.1) is 12.2 Å². The minimum atomic E-state index is -0.0259. The van der Waals surface area contributed by atoms with E-state index in [2.05, 4.69) is 0 Å². The quantitative estimate of drug-likeness (QED) is 0.786. The molecule has 3 rings (SSSR count). The molecule has 0 N–H and O–H groups in total. The van der Waals surface area contributed by atoms with Crippen molar-refractivity contribution in [3.05, 3.63) is 36.1 Å². The van der Waals surface area contributed by atoms with Crippen LogP contribution in [0.5, 0.6) is 0 Å². The van der Waals surface area contributed by atoms with Crippen LogP contribution >= 0.6 is 0 Å². The maximum absolute atomic E-state index is 12.2. The third-order valence-corrected chi connectivity index (χ3v) is 3.71. The highest BCUT2D eigenvalue weighted by Gasteiger charge is 2.16. The molecule has 1 aromatic heterocycles. The fourth-order valence-corrected chi connectivity index (χ4v) is 2.50. The summed E-state index contributed by atoms with van der Waals surface area (Å²) in [4.78, 5) is 12.2. The van der Waals surface area contributed by atoms with E-state index in [0.29, 0.717) is 18.1 Å². The number of furan rings is 1. The van der Waals surface area contributed by atoms with Crippen molar-refractivity contribution in [1.29, 1.82) is 0 Å². The van der Waals surface area contributed by atoms with Gasteiger partial charge in [0, 0.05) is 18.6 Å². The van der Waals surface area contributed by atoms with Crippen molar-refractivity contribution in [2.24, 2.45) is 5.92 Å². The topological polar surface area (TPSA) is 48.7 Å². The molecule has 0 amide bonds. The Morgan fingerprint density at radius 2 is 2.05 bits per heavy atom. The largest absolute Gasteiger partial charge is 0.464 e. The van der Waals surface area contributed by atoms with E-state index in [0.717, 1.165) is 37.0 Å². The minimum Gasteiger partial charge on any atom is -0.464 e. The molecule has 20 heavy (non-hydrogen) atoms. The Hall–Kier alpha value is -1.65. The van der Waals surface area contributed by atoms with Crippen LogP contribution in [0, 0.1) is 5.92 Å². The zero-order valence-electron chi connectivity index (χ0n) is 11.3. The van der Waals surface area contributed by atoms with E-state index in [4.69, 9.17) is 13.9 Å². The number of rotatable bonds is 5.